The van der Waals surface area contributed by atoms with Crippen molar-refractivity contribution in [2.75, 3.05) is 0 Å². The summed E-state index contributed by atoms with van der Waals surface area (Å²) in [7, 11) is 0. The van der Waals surface area contributed by atoms with Crippen molar-refractivity contribution < 1.29 is 19.7 Å². The van der Waals surface area contributed by atoms with Crippen LogP contribution in [0.4, 0.5) is 11.6 Å². The molecular weight excluding hydrogens is 801 g/mol. The molecule has 4 aromatic heterocycles. The summed E-state index contributed by atoms with van der Waals surface area (Å²) in [6.45, 7) is 5.03. The van der Waals surface area contributed by atoms with E-state index in [4.69, 9.17) is 9.47 Å². The van der Waals surface area contributed by atoms with Gasteiger partial charge in [0, 0.05) is 63.6 Å². The van der Waals surface area contributed by atoms with E-state index in [2.05, 4.69) is 72.4 Å². The Bertz CT molecular complexity index is 3150. The van der Waals surface area contributed by atoms with Gasteiger partial charge in [-0.3, -0.25) is 10.2 Å². The van der Waals surface area contributed by atoms with Gasteiger partial charge < -0.3 is 29.7 Å². The molecule has 12 nitrogen and oxygen atoms in total. The second kappa shape index (κ2) is 18.5. The van der Waals surface area contributed by atoms with Crippen LogP contribution in [0.5, 0.6) is 23.3 Å². The molecule has 0 saturated carbocycles. The largest absolute Gasteiger partial charge is 0.494 e. The number of aliphatic imine (C=N–C) groups is 2. The molecule has 0 spiro atoms. The smallest absolute Gasteiger partial charge is 0.198 e. The van der Waals surface area contributed by atoms with Crippen LogP contribution in [0.3, 0.4) is 0 Å². The molecule has 0 aliphatic heterocycles. The van der Waals surface area contributed by atoms with Gasteiger partial charge in [0.05, 0.1) is 22.5 Å². The summed E-state index contributed by atoms with van der Waals surface area (Å²) in [5, 5.41) is 36.9. The maximum absolute atomic E-state index is 10.3. The minimum atomic E-state index is 0.0687. The predicted molar refractivity (Wildman–Crippen MR) is 254 cm³/mol. The number of para-hydroxylation sites is 2. The van der Waals surface area contributed by atoms with E-state index in [9.17, 15) is 10.2 Å². The van der Waals surface area contributed by atoms with Crippen LogP contribution in [-0.4, -0.2) is 53.0 Å². The van der Waals surface area contributed by atoms with E-state index in [0.717, 1.165) is 55.4 Å². The van der Waals surface area contributed by atoms with Crippen LogP contribution in [0.2, 0.25) is 0 Å². The lowest BCUT2D eigenvalue weighted by Crippen LogP contribution is -1.98. The lowest BCUT2D eigenvalue weighted by atomic mass is 10.1. The molecule has 316 valence electrons. The summed E-state index contributed by atoms with van der Waals surface area (Å²) in [5.74, 6) is 2.59. The van der Waals surface area contributed by atoms with Gasteiger partial charge in [0.1, 0.15) is 24.7 Å². The highest BCUT2D eigenvalue weighted by Crippen LogP contribution is 2.33. The number of benzene rings is 6. The first-order chi connectivity index (χ1) is 31.3. The Morgan fingerprint density at radius 3 is 1.39 bits per heavy atom. The van der Waals surface area contributed by atoms with E-state index >= 15 is 0 Å². The zero-order valence-corrected chi connectivity index (χ0v) is 35.1. The molecule has 10 rings (SSSR count). The van der Waals surface area contributed by atoms with E-state index < -0.39 is 0 Å². The van der Waals surface area contributed by atoms with Gasteiger partial charge in [-0.1, -0.05) is 114 Å². The Balaban J connectivity index is 0.000000178. The molecule has 6 aromatic carbocycles. The van der Waals surface area contributed by atoms with Gasteiger partial charge in [0.2, 0.25) is 0 Å². The van der Waals surface area contributed by atoms with Crippen molar-refractivity contribution >= 4 is 45.9 Å². The standard InChI is InChI=1S/C32H26N4O3.C20H18N4O/c37-32-28(27-13-7-8-14-29(27)34-32)19-33-31-18-30(35-36-31)24-15-25(38-20-22-9-3-1-4-10-22)17-26(16-24)39-21-23-11-5-2-6-12-23;1-12-7-13(2)9-14(8-12)18-10-19(24-23-18)21-11-16-15-5-3-4-6-17(15)22-20(16)25/h1-19,34,37H,20-21H2,(H,35,36);3-11,22,25H,1-2H3,(H,23,24). The van der Waals surface area contributed by atoms with Crippen LogP contribution in [0.25, 0.3) is 44.3 Å². The number of aromatic hydroxyl groups is 2. The first-order valence-corrected chi connectivity index (χ1v) is 20.7. The lowest BCUT2D eigenvalue weighted by Gasteiger charge is -2.12. The number of rotatable bonds is 12. The quantitative estimate of drug-likeness (QED) is 0.0668. The van der Waals surface area contributed by atoms with Crippen LogP contribution < -0.4 is 9.47 Å². The van der Waals surface area contributed by atoms with Gasteiger partial charge in [-0.2, -0.15) is 10.2 Å². The van der Waals surface area contributed by atoms with E-state index in [1.54, 1.807) is 12.4 Å². The lowest BCUT2D eigenvalue weighted by molar-refractivity contribution is 0.290. The number of nitrogens with one attached hydrogen (secondary N) is 4. The van der Waals surface area contributed by atoms with Crippen molar-refractivity contribution in [1.82, 2.24) is 30.4 Å². The third-order valence-corrected chi connectivity index (χ3v) is 10.5. The molecule has 4 heterocycles. The monoisotopic (exact) mass is 844 g/mol. The van der Waals surface area contributed by atoms with E-state index in [-0.39, 0.29) is 11.8 Å². The zero-order chi connectivity index (χ0) is 43.8. The topological polar surface area (TPSA) is 173 Å². The molecule has 0 aliphatic rings. The van der Waals surface area contributed by atoms with Gasteiger partial charge in [-0.25, -0.2) is 9.98 Å². The molecule has 64 heavy (non-hydrogen) atoms. The molecule has 0 aliphatic carbocycles. The Kier molecular flexibility index (Phi) is 11.8. The number of aromatic amines is 4. The van der Waals surface area contributed by atoms with Crippen LogP contribution in [0.15, 0.2) is 168 Å². The fourth-order valence-corrected chi connectivity index (χ4v) is 7.38. The maximum atomic E-state index is 10.3. The van der Waals surface area contributed by atoms with Crippen molar-refractivity contribution in [3.05, 3.63) is 191 Å². The second-order valence-corrected chi connectivity index (χ2v) is 15.3. The highest BCUT2D eigenvalue weighted by molar-refractivity contribution is 6.03. The third kappa shape index (κ3) is 9.61. The molecule has 0 radical (unpaired) electrons. The van der Waals surface area contributed by atoms with E-state index in [1.165, 1.54) is 11.1 Å². The SMILES string of the molecule is Cc1cc(C)cc(-c2cc(N=Cc3c(O)[nH]c4ccccc34)n[nH]2)c1.Oc1[nH]c2ccccc2c1C=Nc1cc(-c2cc(OCc3ccccc3)cc(OCc3ccccc3)c2)[nH]n1. The van der Waals surface area contributed by atoms with Crippen molar-refractivity contribution in [1.29, 1.82) is 0 Å². The van der Waals surface area contributed by atoms with Gasteiger partial charge >= 0.3 is 0 Å². The predicted octanol–water partition coefficient (Wildman–Crippen LogP) is 11.8. The minimum Gasteiger partial charge on any atom is -0.494 e. The fourth-order valence-electron chi connectivity index (χ4n) is 7.38. The molecule has 0 atom stereocenters. The number of aryl methyl sites for hydroxylation is 2. The molecule has 0 fully saturated rings. The van der Waals surface area contributed by atoms with Crippen LogP contribution in [0, 0.1) is 13.8 Å². The summed E-state index contributed by atoms with van der Waals surface area (Å²) in [6.07, 6.45) is 3.25. The molecule has 0 bridgehead atoms. The van der Waals surface area contributed by atoms with Gasteiger partial charge in [-0.15, -0.1) is 0 Å². The normalized spacial score (nSPS) is 11.4. The Morgan fingerprint density at radius 2 is 0.922 bits per heavy atom. The van der Waals surface area contributed by atoms with Crippen LogP contribution in [-0.2, 0) is 13.2 Å². The fraction of sp³-hybridized carbons (Fsp3) is 0.0769. The van der Waals surface area contributed by atoms with Crippen LogP contribution in [0.1, 0.15) is 33.4 Å². The van der Waals surface area contributed by atoms with Crippen LogP contribution >= 0.6 is 0 Å². The number of hydrogen-bond donors (Lipinski definition) is 6. The molecule has 0 unspecified atom stereocenters. The highest BCUT2D eigenvalue weighted by Gasteiger charge is 2.12. The van der Waals surface area contributed by atoms with E-state index in [0.29, 0.717) is 47.5 Å². The van der Waals surface area contributed by atoms with Gasteiger partial charge in [0.25, 0.3) is 0 Å². The summed E-state index contributed by atoms with van der Waals surface area (Å²) >= 11 is 0. The van der Waals surface area contributed by atoms with Gasteiger partial charge in [0.15, 0.2) is 23.4 Å². The summed E-state index contributed by atoms with van der Waals surface area (Å²) < 4.78 is 12.3. The molecular formula is C52H44N8O4. The van der Waals surface area contributed by atoms with Crippen molar-refractivity contribution in [3.8, 4) is 45.8 Å². The highest BCUT2D eigenvalue weighted by atomic mass is 16.5. The molecule has 0 saturated heterocycles. The first kappa shape index (κ1) is 40.7. The molecule has 10 aromatic rings. The molecule has 6 N–H and O–H groups in total. The summed E-state index contributed by atoms with van der Waals surface area (Å²) in [6, 6.07) is 51.3. The van der Waals surface area contributed by atoms with E-state index in [1.807, 2.05) is 140 Å². The average molecular weight is 845 g/mol. The zero-order valence-electron chi connectivity index (χ0n) is 35.1. The van der Waals surface area contributed by atoms with Crippen molar-refractivity contribution in [3.63, 3.8) is 0 Å². The number of nitrogens with zero attached hydrogens (tertiary/aromatic N) is 4. The second-order valence-electron chi connectivity index (χ2n) is 15.3. The van der Waals surface area contributed by atoms with Crippen molar-refractivity contribution in [2.45, 2.75) is 27.1 Å². The third-order valence-electron chi connectivity index (χ3n) is 10.5. The number of ether oxygens (including phenoxy) is 2. The average Bonchev–Trinajstić information content (AvgIpc) is 4.12. The molecule has 12 heteroatoms. The first-order valence-electron chi connectivity index (χ1n) is 20.7. The molecule has 0 amide bonds. The minimum absolute atomic E-state index is 0.0687. The number of aromatic nitrogens is 6. The Morgan fingerprint density at radius 1 is 0.500 bits per heavy atom. The number of fused-ring (bicyclic) bond motifs is 2. The summed E-state index contributed by atoms with van der Waals surface area (Å²) in [5.41, 5.74) is 11.2. The van der Waals surface area contributed by atoms with Gasteiger partial charge in [-0.05, 0) is 61.4 Å². The Hall–Kier alpha value is -8.64. The number of H-pyrrole nitrogens is 4. The maximum Gasteiger partial charge on any atom is 0.198 e. The summed E-state index contributed by atoms with van der Waals surface area (Å²) in [4.78, 5) is 14.8. The number of hydrogen-bond acceptors (Lipinski definition) is 8. The van der Waals surface area contributed by atoms with Crippen molar-refractivity contribution in [2.24, 2.45) is 9.98 Å². The Labute approximate surface area is 368 Å².